The van der Waals surface area contributed by atoms with Crippen molar-refractivity contribution in [2.24, 2.45) is 0 Å². The highest BCUT2D eigenvalue weighted by Crippen LogP contribution is 2.30. The first-order valence-corrected chi connectivity index (χ1v) is 8.86. The Morgan fingerprint density at radius 1 is 1.13 bits per heavy atom. The Morgan fingerprint density at radius 3 is 2.67 bits per heavy atom. The summed E-state index contributed by atoms with van der Waals surface area (Å²) in [5, 5.41) is 8.85. The van der Waals surface area contributed by atoms with Gasteiger partial charge in [-0.15, -0.1) is 0 Å². The Balaban J connectivity index is 1.44. The molecule has 0 saturated heterocycles. The van der Waals surface area contributed by atoms with E-state index in [1.807, 2.05) is 18.2 Å². The van der Waals surface area contributed by atoms with E-state index >= 15 is 0 Å². The smallest absolute Gasteiger partial charge is 0.336 e. The molecule has 2 N–H and O–H groups in total. The van der Waals surface area contributed by atoms with Gasteiger partial charge in [-0.1, -0.05) is 23.4 Å². The van der Waals surface area contributed by atoms with Gasteiger partial charge in [-0.05, 0) is 30.3 Å². The van der Waals surface area contributed by atoms with E-state index in [1.165, 1.54) is 0 Å². The van der Waals surface area contributed by atoms with Crippen molar-refractivity contribution in [1.82, 2.24) is 25.0 Å². The third kappa shape index (κ3) is 4.24. The number of nitrogens with one attached hydrogen (secondary N) is 2. The quantitative estimate of drug-likeness (QED) is 0.514. The van der Waals surface area contributed by atoms with Crippen molar-refractivity contribution in [1.29, 1.82) is 0 Å². The number of imidazole rings is 1. The van der Waals surface area contributed by atoms with Crippen LogP contribution in [0.2, 0.25) is 0 Å². The maximum atomic E-state index is 12.7. The Kier molecular flexibility index (Phi) is 5.09. The lowest BCUT2D eigenvalue weighted by atomic mass is 10.2. The minimum Gasteiger partial charge on any atom is -0.336 e. The van der Waals surface area contributed by atoms with E-state index in [1.54, 1.807) is 41.2 Å². The highest BCUT2D eigenvalue weighted by Gasteiger charge is 2.38. The van der Waals surface area contributed by atoms with Gasteiger partial charge in [-0.3, -0.25) is 0 Å². The van der Waals surface area contributed by atoms with Crippen molar-refractivity contribution in [2.45, 2.75) is 12.7 Å². The maximum Gasteiger partial charge on any atom is 0.471 e. The first-order valence-electron chi connectivity index (χ1n) is 8.86. The predicted molar refractivity (Wildman–Crippen MR) is 101 cm³/mol. The lowest BCUT2D eigenvalue weighted by Gasteiger charge is -2.09. The molecule has 2 amide bonds. The van der Waals surface area contributed by atoms with Crippen molar-refractivity contribution in [2.75, 3.05) is 11.9 Å². The molecule has 0 saturated carbocycles. The second-order valence-corrected chi connectivity index (χ2v) is 6.31. The molecule has 0 unspecified atom stereocenters. The number of rotatable bonds is 5. The largest absolute Gasteiger partial charge is 0.471 e. The number of hydrogen-bond acceptors (Lipinski definition) is 5. The summed E-state index contributed by atoms with van der Waals surface area (Å²) in [5.74, 6) is -1.57. The van der Waals surface area contributed by atoms with Crippen LogP contribution in [0.25, 0.3) is 22.4 Å². The molecule has 0 aliphatic carbocycles. The molecule has 0 radical (unpaired) electrons. The number of halogens is 3. The molecule has 2 heterocycles. The number of para-hydroxylation sites is 1. The van der Waals surface area contributed by atoms with Gasteiger partial charge in [-0.25, -0.2) is 9.78 Å². The van der Waals surface area contributed by atoms with E-state index in [0.717, 1.165) is 0 Å². The summed E-state index contributed by atoms with van der Waals surface area (Å²) in [6.45, 7) is 0.719. The van der Waals surface area contributed by atoms with Crippen LogP contribution >= 0.6 is 0 Å². The van der Waals surface area contributed by atoms with Crippen LogP contribution in [0.4, 0.5) is 23.7 Å². The molecule has 4 rings (SSSR count). The molecular weight excluding hydrogens is 401 g/mol. The molecule has 2 aromatic heterocycles. The van der Waals surface area contributed by atoms with Crippen molar-refractivity contribution < 1.29 is 22.5 Å². The number of alkyl halides is 3. The molecule has 8 nitrogen and oxygen atoms in total. The first kappa shape index (κ1) is 19.4. The van der Waals surface area contributed by atoms with Crippen molar-refractivity contribution in [3.63, 3.8) is 0 Å². The number of nitrogens with zero attached hydrogens (tertiary/aromatic N) is 4. The summed E-state index contributed by atoms with van der Waals surface area (Å²) in [7, 11) is 0. The minimum absolute atomic E-state index is 0.169. The summed E-state index contributed by atoms with van der Waals surface area (Å²) in [6.07, 6.45) is -3.12. The molecule has 154 valence electrons. The van der Waals surface area contributed by atoms with Gasteiger partial charge in [0.05, 0.1) is 17.4 Å². The molecule has 0 fully saturated rings. The normalized spacial score (nSPS) is 11.6. The topological polar surface area (TPSA) is 97.9 Å². The predicted octanol–water partition coefficient (Wildman–Crippen LogP) is 3.93. The third-order valence-corrected chi connectivity index (χ3v) is 4.22. The lowest BCUT2D eigenvalue weighted by molar-refractivity contribution is -0.159. The Bertz CT molecular complexity index is 1170. The number of carbonyl (C=O) groups is 1. The van der Waals surface area contributed by atoms with Crippen LogP contribution in [-0.2, 0) is 12.7 Å². The summed E-state index contributed by atoms with van der Waals surface area (Å²) in [4.78, 5) is 19.6. The van der Waals surface area contributed by atoms with E-state index in [-0.39, 0.29) is 11.9 Å². The Morgan fingerprint density at radius 2 is 1.93 bits per heavy atom. The van der Waals surface area contributed by atoms with Crippen LogP contribution in [-0.4, -0.2) is 32.3 Å². The van der Waals surface area contributed by atoms with Gasteiger partial charge in [0, 0.05) is 24.3 Å². The van der Waals surface area contributed by atoms with Crippen LogP contribution in [0.3, 0.4) is 0 Å². The van der Waals surface area contributed by atoms with Crippen LogP contribution in [0.15, 0.2) is 59.4 Å². The highest BCUT2D eigenvalue weighted by atomic mass is 19.4. The lowest BCUT2D eigenvalue weighted by Crippen LogP contribution is -2.31. The van der Waals surface area contributed by atoms with Crippen molar-refractivity contribution >= 4 is 22.8 Å². The number of hydrogen-bond donors (Lipinski definition) is 2. The van der Waals surface area contributed by atoms with E-state index in [4.69, 9.17) is 0 Å². The molecule has 0 aliphatic rings. The summed E-state index contributed by atoms with van der Waals surface area (Å²) in [6, 6.07) is 13.5. The third-order valence-electron chi connectivity index (χ3n) is 4.22. The van der Waals surface area contributed by atoms with E-state index < -0.39 is 12.1 Å². The zero-order valence-corrected chi connectivity index (χ0v) is 15.3. The molecule has 2 aromatic carbocycles. The van der Waals surface area contributed by atoms with Crippen molar-refractivity contribution in [3.05, 3.63) is 60.7 Å². The molecule has 0 atom stereocenters. The molecular formula is C19H15F3N6O2. The van der Waals surface area contributed by atoms with Crippen LogP contribution in [0.1, 0.15) is 5.89 Å². The van der Waals surface area contributed by atoms with Crippen molar-refractivity contribution in [3.8, 4) is 11.4 Å². The zero-order chi connectivity index (χ0) is 21.1. The standard InChI is InChI=1S/C19H15F3N6O2/c20-19(21,22)17-26-16(27-30-17)12-6-7-14-15(10-12)28(11-24-14)9-8-23-18(29)25-13-4-2-1-3-5-13/h1-7,10-11H,8-9H2,(H2,23,25,29). The summed E-state index contributed by atoms with van der Waals surface area (Å²) >= 11 is 0. The number of carbonyl (C=O) groups excluding carboxylic acids is 1. The Hall–Kier alpha value is -3.89. The number of fused-ring (bicyclic) bond motifs is 1. The Labute approximate surface area is 167 Å². The minimum atomic E-state index is -4.71. The van der Waals surface area contributed by atoms with E-state index in [0.29, 0.717) is 35.4 Å². The van der Waals surface area contributed by atoms with Gasteiger partial charge in [0.25, 0.3) is 0 Å². The fourth-order valence-electron chi connectivity index (χ4n) is 2.82. The second kappa shape index (κ2) is 7.85. The second-order valence-electron chi connectivity index (χ2n) is 6.31. The number of aromatic nitrogens is 4. The van der Waals surface area contributed by atoms with Gasteiger partial charge in [0.1, 0.15) is 0 Å². The van der Waals surface area contributed by atoms with Crippen LogP contribution in [0, 0.1) is 0 Å². The molecule has 0 aliphatic heterocycles. The average molecular weight is 416 g/mol. The zero-order valence-electron chi connectivity index (χ0n) is 15.3. The fraction of sp³-hybridized carbons (Fsp3) is 0.158. The molecule has 0 spiro atoms. The van der Waals surface area contributed by atoms with Crippen LogP contribution < -0.4 is 10.6 Å². The van der Waals surface area contributed by atoms with E-state index in [2.05, 4.69) is 30.3 Å². The molecule has 4 aromatic rings. The maximum absolute atomic E-state index is 12.7. The molecule has 30 heavy (non-hydrogen) atoms. The average Bonchev–Trinajstić information content (AvgIpc) is 3.36. The number of benzene rings is 2. The summed E-state index contributed by atoms with van der Waals surface area (Å²) in [5.41, 5.74) is 2.34. The monoisotopic (exact) mass is 416 g/mol. The fourth-order valence-corrected chi connectivity index (χ4v) is 2.82. The summed E-state index contributed by atoms with van der Waals surface area (Å²) < 4.78 is 44.1. The van der Waals surface area contributed by atoms with Gasteiger partial charge >= 0.3 is 18.1 Å². The van der Waals surface area contributed by atoms with Gasteiger partial charge < -0.3 is 19.7 Å². The molecule has 0 bridgehead atoms. The van der Waals surface area contributed by atoms with E-state index in [9.17, 15) is 18.0 Å². The highest BCUT2D eigenvalue weighted by molar-refractivity contribution is 5.89. The van der Waals surface area contributed by atoms with Gasteiger partial charge in [0.2, 0.25) is 5.82 Å². The van der Waals surface area contributed by atoms with Gasteiger partial charge in [-0.2, -0.15) is 18.2 Å². The molecule has 11 heteroatoms. The number of anilines is 1. The van der Waals surface area contributed by atoms with Gasteiger partial charge in [0.15, 0.2) is 0 Å². The van der Waals surface area contributed by atoms with Crippen LogP contribution in [0.5, 0.6) is 0 Å². The first-order chi connectivity index (χ1) is 14.4. The number of amides is 2. The SMILES string of the molecule is O=C(NCCn1cnc2ccc(-c3noc(C(F)(F)F)n3)cc21)Nc1ccccc1. The number of urea groups is 1.